The maximum absolute atomic E-state index is 12.8. The van der Waals surface area contributed by atoms with E-state index in [9.17, 15) is 13.6 Å². The van der Waals surface area contributed by atoms with Gasteiger partial charge in [0.05, 0.1) is 6.10 Å². The maximum atomic E-state index is 12.8. The van der Waals surface area contributed by atoms with Crippen molar-refractivity contribution in [1.82, 2.24) is 5.32 Å². The number of carbonyl (C=O) groups is 1. The first-order valence-corrected chi connectivity index (χ1v) is 5.31. The molecule has 1 N–H and O–H groups in total. The lowest BCUT2D eigenvalue weighted by Crippen LogP contribution is -2.28. The third-order valence-electron chi connectivity index (χ3n) is 2.02. The third kappa shape index (κ3) is 4.91. The number of benzene rings is 1. The summed E-state index contributed by atoms with van der Waals surface area (Å²) in [6.07, 6.45) is -0.0241. The number of halogens is 2. The Bertz CT molecular complexity index is 394. The molecule has 0 radical (unpaired) electrons. The number of rotatable bonds is 5. The highest BCUT2D eigenvalue weighted by Gasteiger charge is 2.05. The van der Waals surface area contributed by atoms with Crippen LogP contribution >= 0.6 is 0 Å². The predicted molar refractivity (Wildman–Crippen MR) is 59.3 cm³/mol. The predicted octanol–water partition coefficient (Wildman–Crippen LogP) is 2.01. The quantitative estimate of drug-likeness (QED) is 0.859. The standard InChI is InChI=1S/C12H15F2NO2/c1-8(2)17-7-12(16)15-6-9-3-4-10(13)11(14)5-9/h3-5,8H,6-7H2,1-2H3,(H,15,16). The highest BCUT2D eigenvalue weighted by Crippen LogP contribution is 2.08. The zero-order chi connectivity index (χ0) is 12.8. The largest absolute Gasteiger partial charge is 0.369 e. The monoisotopic (exact) mass is 243 g/mol. The van der Waals surface area contributed by atoms with Gasteiger partial charge in [0, 0.05) is 6.54 Å². The lowest BCUT2D eigenvalue weighted by atomic mass is 10.2. The minimum absolute atomic E-state index is 0.0241. The van der Waals surface area contributed by atoms with E-state index >= 15 is 0 Å². The summed E-state index contributed by atoms with van der Waals surface area (Å²) >= 11 is 0. The summed E-state index contributed by atoms with van der Waals surface area (Å²) in [5, 5.41) is 2.55. The van der Waals surface area contributed by atoms with E-state index in [4.69, 9.17) is 4.74 Å². The molecule has 1 aromatic carbocycles. The van der Waals surface area contributed by atoms with Gasteiger partial charge in [0.15, 0.2) is 11.6 Å². The fourth-order valence-corrected chi connectivity index (χ4v) is 1.14. The van der Waals surface area contributed by atoms with Crippen LogP contribution in [0.15, 0.2) is 18.2 Å². The lowest BCUT2D eigenvalue weighted by molar-refractivity contribution is -0.127. The molecular formula is C12H15F2NO2. The Morgan fingerprint density at radius 2 is 2.06 bits per heavy atom. The van der Waals surface area contributed by atoms with E-state index in [2.05, 4.69) is 5.32 Å². The topological polar surface area (TPSA) is 38.3 Å². The molecular weight excluding hydrogens is 228 g/mol. The van der Waals surface area contributed by atoms with Gasteiger partial charge in [0.2, 0.25) is 5.91 Å². The minimum atomic E-state index is -0.921. The van der Waals surface area contributed by atoms with Crippen molar-refractivity contribution in [1.29, 1.82) is 0 Å². The second kappa shape index (κ2) is 6.30. The van der Waals surface area contributed by atoms with Gasteiger partial charge >= 0.3 is 0 Å². The Hall–Kier alpha value is -1.49. The van der Waals surface area contributed by atoms with Gasteiger partial charge < -0.3 is 10.1 Å². The molecule has 0 atom stereocenters. The second-order valence-electron chi connectivity index (χ2n) is 3.88. The van der Waals surface area contributed by atoms with Gasteiger partial charge in [-0.15, -0.1) is 0 Å². The molecule has 0 saturated carbocycles. The van der Waals surface area contributed by atoms with Gasteiger partial charge in [-0.25, -0.2) is 8.78 Å². The Labute approximate surface area is 98.8 Å². The molecule has 0 heterocycles. The number of ether oxygens (including phenoxy) is 1. The zero-order valence-electron chi connectivity index (χ0n) is 9.80. The normalized spacial score (nSPS) is 10.6. The fraction of sp³-hybridized carbons (Fsp3) is 0.417. The van der Waals surface area contributed by atoms with Crippen molar-refractivity contribution >= 4 is 5.91 Å². The summed E-state index contributed by atoms with van der Waals surface area (Å²) < 4.78 is 30.6. The Morgan fingerprint density at radius 3 is 2.65 bits per heavy atom. The molecule has 0 aromatic heterocycles. The maximum Gasteiger partial charge on any atom is 0.246 e. The molecule has 0 aliphatic rings. The number of nitrogens with one attached hydrogen (secondary N) is 1. The molecule has 0 unspecified atom stereocenters. The van der Waals surface area contributed by atoms with Crippen LogP contribution in [0.3, 0.4) is 0 Å². The summed E-state index contributed by atoms with van der Waals surface area (Å²) in [5.74, 6) is -2.11. The van der Waals surface area contributed by atoms with E-state index in [-0.39, 0.29) is 25.2 Å². The number of hydrogen-bond donors (Lipinski definition) is 1. The minimum Gasteiger partial charge on any atom is -0.369 e. The SMILES string of the molecule is CC(C)OCC(=O)NCc1ccc(F)c(F)c1. The van der Waals surface area contributed by atoms with E-state index in [1.807, 2.05) is 13.8 Å². The smallest absolute Gasteiger partial charge is 0.246 e. The first-order valence-electron chi connectivity index (χ1n) is 5.31. The van der Waals surface area contributed by atoms with E-state index in [0.717, 1.165) is 12.1 Å². The van der Waals surface area contributed by atoms with Crippen molar-refractivity contribution in [3.05, 3.63) is 35.4 Å². The molecule has 5 heteroatoms. The van der Waals surface area contributed by atoms with Gasteiger partial charge in [-0.05, 0) is 31.5 Å². The van der Waals surface area contributed by atoms with E-state index in [1.165, 1.54) is 6.07 Å². The Kier molecular flexibility index (Phi) is 5.03. The van der Waals surface area contributed by atoms with Crippen LogP contribution in [-0.4, -0.2) is 18.6 Å². The summed E-state index contributed by atoms with van der Waals surface area (Å²) in [6.45, 7) is 3.75. The highest BCUT2D eigenvalue weighted by molar-refractivity contribution is 5.77. The van der Waals surface area contributed by atoms with Crippen molar-refractivity contribution in [2.24, 2.45) is 0 Å². The molecule has 0 aliphatic heterocycles. The Morgan fingerprint density at radius 1 is 1.35 bits per heavy atom. The van der Waals surface area contributed by atoms with Crippen molar-refractivity contribution in [2.75, 3.05) is 6.61 Å². The second-order valence-corrected chi connectivity index (χ2v) is 3.88. The van der Waals surface area contributed by atoms with Crippen molar-refractivity contribution in [3.63, 3.8) is 0 Å². The molecule has 0 saturated heterocycles. The average Bonchev–Trinajstić information content (AvgIpc) is 2.28. The summed E-state index contributed by atoms with van der Waals surface area (Å²) in [5.41, 5.74) is 0.502. The van der Waals surface area contributed by atoms with Crippen LogP contribution < -0.4 is 5.32 Å². The summed E-state index contributed by atoms with van der Waals surface area (Å²) in [7, 11) is 0. The third-order valence-corrected chi connectivity index (χ3v) is 2.02. The molecule has 3 nitrogen and oxygen atoms in total. The number of hydrogen-bond acceptors (Lipinski definition) is 2. The summed E-state index contributed by atoms with van der Waals surface area (Å²) in [6, 6.07) is 3.50. The molecule has 0 aliphatic carbocycles. The van der Waals surface area contributed by atoms with E-state index in [1.54, 1.807) is 0 Å². The number of amides is 1. The fourth-order valence-electron chi connectivity index (χ4n) is 1.14. The summed E-state index contributed by atoms with van der Waals surface area (Å²) in [4.78, 5) is 11.3. The molecule has 0 fully saturated rings. The van der Waals surface area contributed by atoms with Crippen LogP contribution in [0.25, 0.3) is 0 Å². The van der Waals surface area contributed by atoms with Crippen LogP contribution in [0.1, 0.15) is 19.4 Å². The van der Waals surface area contributed by atoms with Crippen LogP contribution in [0.2, 0.25) is 0 Å². The van der Waals surface area contributed by atoms with Gasteiger partial charge in [-0.1, -0.05) is 6.07 Å². The van der Waals surface area contributed by atoms with Crippen LogP contribution in [0, 0.1) is 11.6 Å². The van der Waals surface area contributed by atoms with Crippen molar-refractivity contribution in [3.8, 4) is 0 Å². The highest BCUT2D eigenvalue weighted by atomic mass is 19.2. The van der Waals surface area contributed by atoms with Crippen LogP contribution in [-0.2, 0) is 16.1 Å². The van der Waals surface area contributed by atoms with Gasteiger partial charge in [0.1, 0.15) is 6.61 Å². The van der Waals surface area contributed by atoms with E-state index in [0.29, 0.717) is 5.56 Å². The van der Waals surface area contributed by atoms with Gasteiger partial charge in [-0.2, -0.15) is 0 Å². The van der Waals surface area contributed by atoms with E-state index < -0.39 is 11.6 Å². The van der Waals surface area contributed by atoms with Crippen molar-refractivity contribution in [2.45, 2.75) is 26.5 Å². The number of carbonyl (C=O) groups excluding carboxylic acids is 1. The van der Waals surface area contributed by atoms with Gasteiger partial charge in [-0.3, -0.25) is 4.79 Å². The molecule has 0 bridgehead atoms. The first-order chi connectivity index (χ1) is 7.99. The van der Waals surface area contributed by atoms with Crippen LogP contribution in [0.5, 0.6) is 0 Å². The zero-order valence-corrected chi connectivity index (χ0v) is 9.80. The van der Waals surface area contributed by atoms with Gasteiger partial charge in [0.25, 0.3) is 0 Å². The lowest BCUT2D eigenvalue weighted by Gasteiger charge is -2.08. The van der Waals surface area contributed by atoms with Crippen LogP contribution in [0.4, 0.5) is 8.78 Å². The molecule has 17 heavy (non-hydrogen) atoms. The molecule has 0 spiro atoms. The molecule has 94 valence electrons. The molecule has 1 aromatic rings. The Balaban J connectivity index is 2.39. The van der Waals surface area contributed by atoms with Crippen molar-refractivity contribution < 1.29 is 18.3 Å². The molecule has 1 amide bonds. The molecule has 1 rings (SSSR count). The first kappa shape index (κ1) is 13.6. The average molecular weight is 243 g/mol.